The summed E-state index contributed by atoms with van der Waals surface area (Å²) in [5, 5.41) is 3.21. The second kappa shape index (κ2) is 6.02. The number of carbonyl (C=O) groups is 1. The first-order valence-corrected chi connectivity index (χ1v) is 9.19. The van der Waals surface area contributed by atoms with Crippen LogP contribution in [0.15, 0.2) is 45.1 Å². The Balaban J connectivity index is 2.07. The number of halogens is 1. The maximum absolute atomic E-state index is 13.5. The van der Waals surface area contributed by atoms with E-state index in [2.05, 4.69) is 5.32 Å². The minimum absolute atomic E-state index is 0.0327. The average Bonchev–Trinajstić information content (AvgIpc) is 2.63. The van der Waals surface area contributed by atoms with Crippen molar-refractivity contribution in [3.05, 3.63) is 73.3 Å². The molecule has 146 valence electrons. The number of anilines is 1. The van der Waals surface area contributed by atoms with Crippen LogP contribution in [0.2, 0.25) is 0 Å². The van der Waals surface area contributed by atoms with Crippen LogP contribution in [0, 0.1) is 11.2 Å². The molecule has 1 aromatic heterocycles. The summed E-state index contributed by atoms with van der Waals surface area (Å²) >= 11 is 0. The average molecular weight is 383 g/mol. The Morgan fingerprint density at radius 2 is 1.68 bits per heavy atom. The van der Waals surface area contributed by atoms with E-state index in [9.17, 15) is 18.8 Å². The highest BCUT2D eigenvalue weighted by Crippen LogP contribution is 2.47. The Labute approximate surface area is 161 Å². The van der Waals surface area contributed by atoms with Crippen molar-refractivity contribution < 1.29 is 9.18 Å². The zero-order chi connectivity index (χ0) is 20.4. The molecular weight excluding hydrogens is 361 g/mol. The van der Waals surface area contributed by atoms with Gasteiger partial charge in [-0.25, -0.2) is 9.18 Å². The Morgan fingerprint density at radius 1 is 1.04 bits per heavy atom. The summed E-state index contributed by atoms with van der Waals surface area (Å²) in [7, 11) is 3.01. The molecule has 2 heterocycles. The van der Waals surface area contributed by atoms with Crippen molar-refractivity contribution in [3.8, 4) is 0 Å². The van der Waals surface area contributed by atoms with Crippen molar-refractivity contribution >= 4 is 11.6 Å². The highest BCUT2D eigenvalue weighted by molar-refractivity contribution is 6.01. The minimum Gasteiger partial charge on any atom is -0.344 e. The molecule has 1 N–H and O–H groups in total. The fourth-order valence-corrected chi connectivity index (χ4v) is 4.34. The predicted octanol–water partition coefficient (Wildman–Crippen LogP) is 2.42. The van der Waals surface area contributed by atoms with E-state index in [1.165, 1.54) is 23.7 Å². The molecule has 1 atom stereocenters. The SMILES string of the molecule is Cn1c2c(c(=O)n(C)c1=O)[C@@H](c1ccc(F)cc1)C1=C(CC(C)(C)CC1=O)N2. The molecule has 0 spiro atoms. The number of benzene rings is 1. The van der Waals surface area contributed by atoms with Crippen LogP contribution in [0.5, 0.6) is 0 Å². The van der Waals surface area contributed by atoms with Crippen molar-refractivity contribution in [1.82, 2.24) is 9.13 Å². The molecule has 1 aliphatic heterocycles. The molecule has 28 heavy (non-hydrogen) atoms. The van der Waals surface area contributed by atoms with Gasteiger partial charge in [0, 0.05) is 37.7 Å². The maximum atomic E-state index is 13.5. The Bertz CT molecular complexity index is 1150. The molecule has 7 heteroatoms. The number of hydrogen-bond donors (Lipinski definition) is 1. The summed E-state index contributed by atoms with van der Waals surface area (Å²) < 4.78 is 16.0. The van der Waals surface area contributed by atoms with Gasteiger partial charge >= 0.3 is 5.69 Å². The first-order valence-electron chi connectivity index (χ1n) is 9.19. The van der Waals surface area contributed by atoms with E-state index in [0.717, 1.165) is 10.3 Å². The van der Waals surface area contributed by atoms with Gasteiger partial charge in [-0.15, -0.1) is 0 Å². The number of nitrogens with one attached hydrogen (secondary N) is 1. The zero-order valence-electron chi connectivity index (χ0n) is 16.3. The van der Waals surface area contributed by atoms with Gasteiger partial charge in [0.05, 0.1) is 5.56 Å². The Morgan fingerprint density at radius 3 is 2.32 bits per heavy atom. The summed E-state index contributed by atoms with van der Waals surface area (Å²) in [4.78, 5) is 38.6. The number of allylic oxidation sites excluding steroid dienone is 2. The van der Waals surface area contributed by atoms with Crippen LogP contribution in [0.1, 0.15) is 43.7 Å². The largest absolute Gasteiger partial charge is 0.344 e. The number of fused-ring (bicyclic) bond motifs is 1. The number of carbonyl (C=O) groups excluding carboxylic acids is 1. The quantitative estimate of drug-likeness (QED) is 0.821. The molecule has 1 aromatic carbocycles. The lowest BCUT2D eigenvalue weighted by molar-refractivity contribution is -0.118. The van der Waals surface area contributed by atoms with Crippen molar-refractivity contribution in [2.75, 3.05) is 5.32 Å². The summed E-state index contributed by atoms with van der Waals surface area (Å²) in [6, 6.07) is 5.83. The summed E-state index contributed by atoms with van der Waals surface area (Å²) in [5.41, 5.74) is 1.12. The number of hydrogen-bond acceptors (Lipinski definition) is 4. The van der Waals surface area contributed by atoms with E-state index >= 15 is 0 Å². The van der Waals surface area contributed by atoms with E-state index < -0.39 is 23.0 Å². The molecule has 6 nitrogen and oxygen atoms in total. The molecule has 0 bridgehead atoms. The number of nitrogens with zero attached hydrogens (tertiary/aromatic N) is 2. The Kier molecular flexibility index (Phi) is 3.96. The van der Waals surface area contributed by atoms with Gasteiger partial charge in [-0.3, -0.25) is 18.7 Å². The van der Waals surface area contributed by atoms with E-state index in [4.69, 9.17) is 0 Å². The number of Topliss-reactive ketones (excluding diaryl/α,β-unsaturated/α-hetero) is 1. The van der Waals surface area contributed by atoms with Gasteiger partial charge in [-0.2, -0.15) is 0 Å². The second-order valence-electron chi connectivity index (χ2n) is 8.41. The van der Waals surface area contributed by atoms with Crippen LogP contribution >= 0.6 is 0 Å². The minimum atomic E-state index is -0.638. The third-order valence-corrected chi connectivity index (χ3v) is 5.67. The van der Waals surface area contributed by atoms with Gasteiger partial charge in [0.15, 0.2) is 5.78 Å². The standard InChI is InChI=1S/C21H22FN3O3/c1-21(2)9-13-16(14(26)10-21)15(11-5-7-12(22)8-6-11)17-18(23-13)24(3)20(28)25(4)19(17)27/h5-8,15,23H,9-10H2,1-4H3/t15-/m0/s1. The normalized spacial score (nSPS) is 20.5. The third kappa shape index (κ3) is 2.65. The van der Waals surface area contributed by atoms with Crippen LogP contribution in [-0.2, 0) is 18.9 Å². The fourth-order valence-electron chi connectivity index (χ4n) is 4.34. The molecule has 1 aliphatic carbocycles. The highest BCUT2D eigenvalue weighted by atomic mass is 19.1. The molecule has 4 rings (SSSR count). The van der Waals surface area contributed by atoms with E-state index in [0.29, 0.717) is 35.4 Å². The first-order chi connectivity index (χ1) is 13.1. The van der Waals surface area contributed by atoms with E-state index in [1.54, 1.807) is 19.2 Å². The van der Waals surface area contributed by atoms with Crippen LogP contribution < -0.4 is 16.6 Å². The van der Waals surface area contributed by atoms with E-state index in [-0.39, 0.29) is 11.2 Å². The third-order valence-electron chi connectivity index (χ3n) is 5.67. The lowest BCUT2D eigenvalue weighted by atomic mass is 9.69. The number of aromatic nitrogens is 2. The fraction of sp³-hybridized carbons (Fsp3) is 0.381. The van der Waals surface area contributed by atoms with E-state index in [1.807, 2.05) is 13.8 Å². The molecule has 2 aliphatic rings. The lowest BCUT2D eigenvalue weighted by Gasteiger charge is -2.39. The molecule has 0 amide bonds. The molecule has 2 aromatic rings. The smallest absolute Gasteiger partial charge is 0.332 e. The van der Waals surface area contributed by atoms with Gasteiger partial charge in [-0.05, 0) is 29.5 Å². The summed E-state index contributed by atoms with van der Waals surface area (Å²) in [6.07, 6.45) is 0.987. The molecule has 0 radical (unpaired) electrons. The lowest BCUT2D eigenvalue weighted by Crippen LogP contribution is -2.45. The maximum Gasteiger partial charge on any atom is 0.332 e. The first kappa shape index (κ1) is 18.4. The molecule has 0 fully saturated rings. The molecule has 0 saturated carbocycles. The number of ketones is 1. The molecule has 0 unspecified atom stereocenters. The van der Waals surface area contributed by atoms with Crippen molar-refractivity contribution in [1.29, 1.82) is 0 Å². The molecular formula is C21H22FN3O3. The molecule has 0 saturated heterocycles. The van der Waals surface area contributed by atoms with Crippen LogP contribution in [-0.4, -0.2) is 14.9 Å². The van der Waals surface area contributed by atoms with Crippen molar-refractivity contribution in [2.45, 2.75) is 32.6 Å². The van der Waals surface area contributed by atoms with Crippen LogP contribution in [0.3, 0.4) is 0 Å². The summed E-state index contributed by atoms with van der Waals surface area (Å²) in [5.74, 6) is -0.668. The van der Waals surface area contributed by atoms with Gasteiger partial charge in [0.1, 0.15) is 11.6 Å². The highest BCUT2D eigenvalue weighted by Gasteiger charge is 2.42. The van der Waals surface area contributed by atoms with Gasteiger partial charge in [0.25, 0.3) is 5.56 Å². The predicted molar refractivity (Wildman–Crippen MR) is 104 cm³/mol. The topological polar surface area (TPSA) is 73.1 Å². The van der Waals surface area contributed by atoms with Crippen molar-refractivity contribution in [3.63, 3.8) is 0 Å². The van der Waals surface area contributed by atoms with Crippen LogP contribution in [0.25, 0.3) is 0 Å². The monoisotopic (exact) mass is 383 g/mol. The second-order valence-corrected chi connectivity index (χ2v) is 8.41. The Hall–Kier alpha value is -2.96. The summed E-state index contributed by atoms with van der Waals surface area (Å²) in [6.45, 7) is 4.03. The zero-order valence-corrected chi connectivity index (χ0v) is 16.3. The van der Waals surface area contributed by atoms with Gasteiger partial charge < -0.3 is 5.32 Å². The number of rotatable bonds is 1. The van der Waals surface area contributed by atoms with Crippen molar-refractivity contribution in [2.24, 2.45) is 19.5 Å². The van der Waals surface area contributed by atoms with Gasteiger partial charge in [0.2, 0.25) is 0 Å². The van der Waals surface area contributed by atoms with Crippen LogP contribution in [0.4, 0.5) is 10.2 Å². The van der Waals surface area contributed by atoms with Gasteiger partial charge in [-0.1, -0.05) is 26.0 Å².